The first-order valence-corrected chi connectivity index (χ1v) is 9.66. The van der Waals surface area contributed by atoms with Gasteiger partial charge >= 0.3 is 0 Å². The zero-order valence-corrected chi connectivity index (χ0v) is 14.7. The third kappa shape index (κ3) is 3.32. The lowest BCUT2D eigenvalue weighted by molar-refractivity contribution is 0.210. The molecule has 1 fully saturated rings. The van der Waals surface area contributed by atoms with Gasteiger partial charge in [0.2, 0.25) is 0 Å². The number of nitrogens with one attached hydrogen (secondary N) is 1. The number of aryl methyl sites for hydroxylation is 1. The molecule has 0 radical (unpaired) electrons. The zero-order chi connectivity index (χ0) is 16.4. The minimum absolute atomic E-state index is 0.685. The molecule has 4 rings (SSSR count). The second kappa shape index (κ2) is 6.95. The van der Waals surface area contributed by atoms with E-state index in [4.69, 9.17) is 5.73 Å². The summed E-state index contributed by atoms with van der Waals surface area (Å²) < 4.78 is 0. The Labute approximate surface area is 146 Å². The predicted molar refractivity (Wildman–Crippen MR) is 102 cm³/mol. The van der Waals surface area contributed by atoms with E-state index < -0.39 is 0 Å². The number of fused-ring (bicyclic) bond motifs is 1. The number of piperidine rings is 1. The molecular weight excluding hydrogens is 316 g/mol. The number of aromatic nitrogens is 2. The Morgan fingerprint density at radius 1 is 1.25 bits per heavy atom. The molecule has 1 saturated heterocycles. The summed E-state index contributed by atoms with van der Waals surface area (Å²) in [5.74, 6) is 0.690. The van der Waals surface area contributed by atoms with Crippen molar-refractivity contribution in [1.29, 1.82) is 0 Å². The van der Waals surface area contributed by atoms with Crippen molar-refractivity contribution in [2.24, 2.45) is 0 Å². The summed E-state index contributed by atoms with van der Waals surface area (Å²) in [4.78, 5) is 10.4. The van der Waals surface area contributed by atoms with E-state index in [0.29, 0.717) is 11.0 Å². The molecule has 1 aromatic carbocycles. The third-order valence-electron chi connectivity index (χ3n) is 5.13. The molecule has 0 atom stereocenters. The van der Waals surface area contributed by atoms with Gasteiger partial charge in [0, 0.05) is 22.5 Å². The fourth-order valence-corrected chi connectivity index (χ4v) is 4.42. The zero-order valence-electron chi connectivity index (χ0n) is 13.9. The lowest BCUT2D eigenvalue weighted by Crippen LogP contribution is -2.33. The second-order valence-electron chi connectivity index (χ2n) is 6.69. The maximum atomic E-state index is 5.69. The average molecular weight is 340 g/mol. The number of para-hydroxylation sites is 1. The molecule has 3 aromatic rings. The number of likely N-dealkylation sites (tertiary alicyclic amines) is 1. The first kappa shape index (κ1) is 15.7. The van der Waals surface area contributed by atoms with Gasteiger partial charge in [0.25, 0.3) is 0 Å². The Morgan fingerprint density at radius 3 is 2.88 bits per heavy atom. The highest BCUT2D eigenvalue weighted by Gasteiger charge is 2.22. The van der Waals surface area contributed by atoms with Crippen LogP contribution in [0.3, 0.4) is 0 Å². The molecule has 24 heavy (non-hydrogen) atoms. The number of rotatable bonds is 5. The van der Waals surface area contributed by atoms with Gasteiger partial charge in [-0.3, -0.25) is 0 Å². The molecule has 0 bridgehead atoms. The fourth-order valence-electron chi connectivity index (χ4n) is 3.82. The van der Waals surface area contributed by atoms with Crippen molar-refractivity contribution in [2.75, 3.05) is 25.4 Å². The maximum absolute atomic E-state index is 5.69. The van der Waals surface area contributed by atoms with Crippen molar-refractivity contribution in [3.63, 3.8) is 0 Å². The second-order valence-corrected chi connectivity index (χ2v) is 7.58. The summed E-state index contributed by atoms with van der Waals surface area (Å²) in [7, 11) is 0. The Balaban J connectivity index is 1.29. The minimum Gasteiger partial charge on any atom is -0.375 e. The van der Waals surface area contributed by atoms with Gasteiger partial charge in [0.05, 0.1) is 5.69 Å². The van der Waals surface area contributed by atoms with E-state index in [9.17, 15) is 0 Å². The van der Waals surface area contributed by atoms with Gasteiger partial charge in [-0.05, 0) is 62.9 Å². The van der Waals surface area contributed by atoms with Crippen molar-refractivity contribution in [3.8, 4) is 0 Å². The Bertz CT molecular complexity index is 798. The number of anilines is 1. The van der Waals surface area contributed by atoms with Crippen LogP contribution in [0.2, 0.25) is 0 Å². The van der Waals surface area contributed by atoms with Gasteiger partial charge in [0.1, 0.15) is 0 Å². The molecule has 0 aliphatic carbocycles. The number of nitrogens with zero attached hydrogens (tertiary/aromatic N) is 2. The van der Waals surface area contributed by atoms with Crippen molar-refractivity contribution < 1.29 is 0 Å². The largest absolute Gasteiger partial charge is 0.375 e. The average Bonchev–Trinajstić information content (AvgIpc) is 3.22. The van der Waals surface area contributed by atoms with Gasteiger partial charge in [-0.15, -0.1) is 11.3 Å². The molecule has 3 heterocycles. The highest BCUT2D eigenvalue weighted by atomic mass is 32.1. The summed E-state index contributed by atoms with van der Waals surface area (Å²) in [5, 5.41) is 4.17. The molecule has 126 valence electrons. The molecule has 0 amide bonds. The van der Waals surface area contributed by atoms with Crippen LogP contribution < -0.4 is 5.73 Å². The summed E-state index contributed by atoms with van der Waals surface area (Å²) in [6.45, 7) is 3.56. The van der Waals surface area contributed by atoms with Gasteiger partial charge in [-0.25, -0.2) is 4.98 Å². The Kier molecular flexibility index (Phi) is 4.54. The van der Waals surface area contributed by atoms with Crippen LogP contribution in [0.4, 0.5) is 5.13 Å². The van der Waals surface area contributed by atoms with Gasteiger partial charge < -0.3 is 15.6 Å². The highest BCUT2D eigenvalue weighted by Crippen LogP contribution is 2.33. The van der Waals surface area contributed by atoms with Crippen LogP contribution in [0.25, 0.3) is 10.9 Å². The highest BCUT2D eigenvalue weighted by molar-refractivity contribution is 7.13. The molecular formula is C19H24N4S. The monoisotopic (exact) mass is 340 g/mol. The van der Waals surface area contributed by atoms with Crippen molar-refractivity contribution >= 4 is 27.4 Å². The molecule has 1 aliphatic heterocycles. The lowest BCUT2D eigenvalue weighted by atomic mass is 9.89. The van der Waals surface area contributed by atoms with Crippen LogP contribution in [0.1, 0.15) is 36.4 Å². The fraction of sp³-hybridized carbons (Fsp3) is 0.421. The van der Waals surface area contributed by atoms with Crippen LogP contribution in [0.5, 0.6) is 0 Å². The molecule has 2 aromatic heterocycles. The normalized spacial score (nSPS) is 16.8. The van der Waals surface area contributed by atoms with Crippen molar-refractivity contribution in [1.82, 2.24) is 14.9 Å². The lowest BCUT2D eigenvalue weighted by Gasteiger charge is -2.31. The van der Waals surface area contributed by atoms with Crippen LogP contribution in [-0.4, -0.2) is 34.5 Å². The van der Waals surface area contributed by atoms with E-state index in [1.807, 2.05) is 0 Å². The Morgan fingerprint density at radius 2 is 2.08 bits per heavy atom. The van der Waals surface area contributed by atoms with E-state index >= 15 is 0 Å². The molecule has 4 nitrogen and oxygen atoms in total. The molecule has 0 spiro atoms. The smallest absolute Gasteiger partial charge is 0.180 e. The first-order chi connectivity index (χ1) is 11.8. The summed E-state index contributed by atoms with van der Waals surface area (Å²) >= 11 is 1.54. The van der Waals surface area contributed by atoms with Gasteiger partial charge in [-0.1, -0.05) is 18.2 Å². The van der Waals surface area contributed by atoms with Crippen molar-refractivity contribution in [3.05, 3.63) is 47.1 Å². The maximum Gasteiger partial charge on any atom is 0.180 e. The topological polar surface area (TPSA) is 57.9 Å². The SMILES string of the molecule is Nc1nc(CCCN2CCC(c3c[nH]c4ccccc34)CC2)cs1. The summed E-state index contributed by atoms with van der Waals surface area (Å²) in [5.41, 5.74) is 9.60. The van der Waals surface area contributed by atoms with E-state index in [1.54, 1.807) is 11.3 Å². The predicted octanol–water partition coefficient (Wildman–Crippen LogP) is 4.02. The molecule has 5 heteroatoms. The number of hydrogen-bond donors (Lipinski definition) is 2. The first-order valence-electron chi connectivity index (χ1n) is 8.78. The van der Waals surface area contributed by atoms with Crippen LogP contribution in [0.15, 0.2) is 35.8 Å². The minimum atomic E-state index is 0.685. The van der Waals surface area contributed by atoms with E-state index in [2.05, 4.69) is 50.7 Å². The van der Waals surface area contributed by atoms with Crippen LogP contribution >= 0.6 is 11.3 Å². The van der Waals surface area contributed by atoms with Crippen LogP contribution in [-0.2, 0) is 6.42 Å². The molecule has 0 saturated carbocycles. The quantitative estimate of drug-likeness (QED) is 0.737. The van der Waals surface area contributed by atoms with E-state index in [-0.39, 0.29) is 0 Å². The van der Waals surface area contributed by atoms with Gasteiger partial charge in [0.15, 0.2) is 5.13 Å². The standard InChI is InChI=1S/C19H24N4S/c20-19-22-15(13-24-19)4-3-9-23-10-7-14(8-11-23)17-12-21-18-6-2-1-5-16(17)18/h1-2,5-6,12-14,21H,3-4,7-11H2,(H2,20,22). The molecule has 3 N–H and O–H groups in total. The van der Waals surface area contributed by atoms with E-state index in [1.165, 1.54) is 48.8 Å². The third-order valence-corrected chi connectivity index (χ3v) is 5.85. The number of H-pyrrole nitrogens is 1. The summed E-state index contributed by atoms with van der Waals surface area (Å²) in [6, 6.07) is 8.65. The Hall–Kier alpha value is -1.85. The number of aromatic amines is 1. The van der Waals surface area contributed by atoms with Crippen LogP contribution in [0, 0.1) is 0 Å². The molecule has 1 aliphatic rings. The number of benzene rings is 1. The van der Waals surface area contributed by atoms with E-state index in [0.717, 1.165) is 18.7 Å². The number of thiazole rings is 1. The summed E-state index contributed by atoms with van der Waals surface area (Å²) in [6.07, 6.45) is 6.94. The van der Waals surface area contributed by atoms with Crippen molar-refractivity contribution in [2.45, 2.75) is 31.6 Å². The number of nitrogens with two attached hydrogens (primary N) is 1. The van der Waals surface area contributed by atoms with Gasteiger partial charge in [-0.2, -0.15) is 0 Å². The molecule has 0 unspecified atom stereocenters. The number of hydrogen-bond acceptors (Lipinski definition) is 4. The number of nitrogen functional groups attached to an aromatic ring is 1.